The summed E-state index contributed by atoms with van der Waals surface area (Å²) in [6.45, 7) is 3.70. The molecule has 0 aromatic heterocycles. The van der Waals surface area contributed by atoms with E-state index in [4.69, 9.17) is 41.0 Å². The van der Waals surface area contributed by atoms with Gasteiger partial charge >= 0.3 is 5.97 Å². The molecule has 5 rings (SSSR count). The van der Waals surface area contributed by atoms with Crippen LogP contribution in [0.3, 0.4) is 0 Å². The van der Waals surface area contributed by atoms with Crippen LogP contribution in [-0.2, 0) is 11.4 Å². The van der Waals surface area contributed by atoms with E-state index in [0.717, 1.165) is 5.56 Å². The molecule has 0 fully saturated rings. The fourth-order valence-corrected chi connectivity index (χ4v) is 4.83. The molecule has 8 nitrogen and oxygen atoms in total. The van der Waals surface area contributed by atoms with Gasteiger partial charge in [-0.2, -0.15) is 5.26 Å². The smallest absolute Gasteiger partial charge is 0.349 e. The van der Waals surface area contributed by atoms with Crippen LogP contribution in [-0.4, -0.2) is 19.2 Å². The molecule has 2 N–H and O–H groups in total. The van der Waals surface area contributed by atoms with Crippen LogP contribution in [0.2, 0.25) is 5.02 Å². The molecule has 4 aromatic carbocycles. The molecule has 1 heterocycles. The van der Waals surface area contributed by atoms with Crippen molar-refractivity contribution in [3.05, 3.63) is 123 Å². The highest BCUT2D eigenvalue weighted by Crippen LogP contribution is 2.45. The van der Waals surface area contributed by atoms with Crippen LogP contribution in [0.25, 0.3) is 0 Å². The van der Waals surface area contributed by atoms with Crippen LogP contribution in [0.5, 0.6) is 28.7 Å². The Morgan fingerprint density at radius 3 is 2.55 bits per heavy atom. The Kier molecular flexibility index (Phi) is 9.22. The molecular formula is C34H28ClFN2O6. The molecule has 44 heavy (non-hydrogen) atoms. The van der Waals surface area contributed by atoms with Crippen molar-refractivity contribution in [1.82, 2.24) is 0 Å². The second kappa shape index (κ2) is 13.4. The minimum Gasteiger partial charge on any atom is -0.490 e. The van der Waals surface area contributed by atoms with E-state index in [1.165, 1.54) is 12.1 Å². The number of fused-ring (bicyclic) bond motifs is 1. The maximum absolute atomic E-state index is 14.1. The van der Waals surface area contributed by atoms with Crippen LogP contribution in [0.4, 0.5) is 4.39 Å². The lowest BCUT2D eigenvalue weighted by Crippen LogP contribution is -2.22. The molecule has 224 valence electrons. The lowest BCUT2D eigenvalue weighted by molar-refractivity contribution is -0.136. The van der Waals surface area contributed by atoms with Gasteiger partial charge in [-0.3, -0.25) is 0 Å². The van der Waals surface area contributed by atoms with Crippen LogP contribution in [0, 0.1) is 24.1 Å². The number of halogens is 2. The first-order valence-electron chi connectivity index (χ1n) is 13.7. The second-order valence-electron chi connectivity index (χ2n) is 9.82. The lowest BCUT2D eigenvalue weighted by Gasteiger charge is -2.27. The van der Waals surface area contributed by atoms with Gasteiger partial charge in [0.05, 0.1) is 12.5 Å². The second-order valence-corrected chi connectivity index (χ2v) is 10.2. The van der Waals surface area contributed by atoms with Crippen LogP contribution in [0.1, 0.15) is 35.1 Å². The summed E-state index contributed by atoms with van der Waals surface area (Å²) in [5.41, 5.74) is 8.92. The standard InChI is InChI=1S/C34H28ClFN2O6/c1-3-40-31-15-21(8-13-29(31)42-18-22-6-4-5-7-28(22)36)33-25-11-9-24(16-30(25)44-34(38)26(33)17-37)43-32(39)19-41-23-10-12-27(35)20(2)14-23/h4-16,33H,3,18-19,38H2,1-2H3. The molecule has 0 bridgehead atoms. The van der Waals surface area contributed by atoms with Gasteiger partial charge in [-0.05, 0) is 67.4 Å². The van der Waals surface area contributed by atoms with E-state index in [1.54, 1.807) is 66.7 Å². The first-order chi connectivity index (χ1) is 21.3. The van der Waals surface area contributed by atoms with Crippen molar-refractivity contribution in [2.24, 2.45) is 5.73 Å². The van der Waals surface area contributed by atoms with Gasteiger partial charge < -0.3 is 29.4 Å². The van der Waals surface area contributed by atoms with E-state index in [9.17, 15) is 14.4 Å². The number of ether oxygens (including phenoxy) is 5. The van der Waals surface area contributed by atoms with Gasteiger partial charge in [0.25, 0.3) is 0 Å². The number of hydrogen-bond donors (Lipinski definition) is 1. The van der Waals surface area contributed by atoms with Gasteiger partial charge in [-0.1, -0.05) is 41.9 Å². The van der Waals surface area contributed by atoms with Crippen molar-refractivity contribution < 1.29 is 32.9 Å². The molecule has 10 heteroatoms. The number of allylic oxidation sites excluding steroid dienone is 1. The topological polar surface area (TPSA) is 113 Å². The molecule has 0 saturated carbocycles. The third-order valence-corrected chi connectivity index (χ3v) is 7.27. The molecular weight excluding hydrogens is 587 g/mol. The van der Waals surface area contributed by atoms with Crippen molar-refractivity contribution in [3.8, 4) is 34.8 Å². The fraction of sp³-hybridized carbons (Fsp3) is 0.176. The molecule has 0 spiro atoms. The zero-order valence-corrected chi connectivity index (χ0v) is 24.7. The van der Waals surface area contributed by atoms with E-state index < -0.39 is 11.9 Å². The number of nitrogens with two attached hydrogens (primary N) is 1. The summed E-state index contributed by atoms with van der Waals surface area (Å²) in [4.78, 5) is 12.5. The number of rotatable bonds is 10. The first kappa shape index (κ1) is 30.3. The molecule has 0 aliphatic carbocycles. The highest BCUT2D eigenvalue weighted by atomic mass is 35.5. The lowest BCUT2D eigenvalue weighted by atomic mass is 9.83. The summed E-state index contributed by atoms with van der Waals surface area (Å²) in [6.07, 6.45) is 0. The predicted octanol–water partition coefficient (Wildman–Crippen LogP) is 6.97. The summed E-state index contributed by atoms with van der Waals surface area (Å²) >= 11 is 6.04. The molecule has 1 aliphatic heterocycles. The van der Waals surface area contributed by atoms with Crippen molar-refractivity contribution in [1.29, 1.82) is 5.26 Å². The maximum Gasteiger partial charge on any atom is 0.349 e. The molecule has 0 amide bonds. The molecule has 4 aromatic rings. The third kappa shape index (κ3) is 6.72. The number of benzene rings is 4. The molecule has 0 saturated heterocycles. The SMILES string of the molecule is CCOc1cc(C2C(C#N)=C(N)Oc3cc(OC(=O)COc4ccc(Cl)c(C)c4)ccc32)ccc1OCc1ccccc1F. The van der Waals surface area contributed by atoms with E-state index in [1.807, 2.05) is 13.8 Å². The van der Waals surface area contributed by atoms with Crippen molar-refractivity contribution in [2.75, 3.05) is 13.2 Å². The van der Waals surface area contributed by atoms with Crippen molar-refractivity contribution in [3.63, 3.8) is 0 Å². The summed E-state index contributed by atoms with van der Waals surface area (Å²) < 4.78 is 42.6. The number of carbonyl (C=O) groups excluding carboxylic acids is 1. The summed E-state index contributed by atoms with van der Waals surface area (Å²) in [7, 11) is 0. The number of hydrogen-bond acceptors (Lipinski definition) is 8. The Balaban J connectivity index is 1.37. The predicted molar refractivity (Wildman–Crippen MR) is 161 cm³/mol. The zero-order valence-electron chi connectivity index (χ0n) is 23.9. The number of esters is 1. The Labute approximate surface area is 258 Å². The van der Waals surface area contributed by atoms with Crippen LogP contribution >= 0.6 is 11.6 Å². The fourth-order valence-electron chi connectivity index (χ4n) is 4.71. The summed E-state index contributed by atoms with van der Waals surface area (Å²) in [5, 5.41) is 10.6. The first-order valence-corrected chi connectivity index (χ1v) is 14.1. The van der Waals surface area contributed by atoms with Crippen molar-refractivity contribution >= 4 is 17.6 Å². The van der Waals surface area contributed by atoms with Crippen molar-refractivity contribution in [2.45, 2.75) is 26.4 Å². The van der Waals surface area contributed by atoms with Gasteiger partial charge in [-0.15, -0.1) is 0 Å². The normalized spacial score (nSPS) is 13.8. The maximum atomic E-state index is 14.1. The number of aryl methyl sites for hydroxylation is 1. The number of nitrogens with zero attached hydrogens (tertiary/aromatic N) is 1. The van der Waals surface area contributed by atoms with Gasteiger partial charge in [0.2, 0.25) is 5.88 Å². The molecule has 1 atom stereocenters. The van der Waals surface area contributed by atoms with Gasteiger partial charge in [0.15, 0.2) is 18.1 Å². The largest absolute Gasteiger partial charge is 0.490 e. The Morgan fingerprint density at radius 1 is 1.00 bits per heavy atom. The van der Waals surface area contributed by atoms with Gasteiger partial charge in [-0.25, -0.2) is 9.18 Å². The number of nitriles is 1. The molecule has 1 aliphatic rings. The number of carbonyl (C=O) groups is 1. The van der Waals surface area contributed by atoms with E-state index in [2.05, 4.69) is 6.07 Å². The van der Waals surface area contributed by atoms with Crippen LogP contribution < -0.4 is 29.4 Å². The highest BCUT2D eigenvalue weighted by Gasteiger charge is 2.32. The Morgan fingerprint density at radius 2 is 1.80 bits per heavy atom. The quantitative estimate of drug-likeness (QED) is 0.151. The van der Waals surface area contributed by atoms with Crippen LogP contribution in [0.15, 0.2) is 90.3 Å². The van der Waals surface area contributed by atoms with Gasteiger partial charge in [0.1, 0.15) is 41.3 Å². The monoisotopic (exact) mass is 614 g/mol. The average Bonchev–Trinajstić information content (AvgIpc) is 3.01. The average molecular weight is 615 g/mol. The summed E-state index contributed by atoms with van der Waals surface area (Å²) in [6, 6.07) is 23.7. The minimum atomic E-state index is -0.626. The highest BCUT2D eigenvalue weighted by molar-refractivity contribution is 6.31. The molecule has 1 unspecified atom stereocenters. The minimum absolute atomic E-state index is 0.00830. The zero-order chi connectivity index (χ0) is 31.2. The van der Waals surface area contributed by atoms with E-state index >= 15 is 0 Å². The molecule has 0 radical (unpaired) electrons. The third-order valence-electron chi connectivity index (χ3n) is 6.85. The van der Waals surface area contributed by atoms with E-state index in [0.29, 0.717) is 51.3 Å². The Hall–Kier alpha value is -5.20. The van der Waals surface area contributed by atoms with Gasteiger partial charge in [0, 0.05) is 22.2 Å². The van der Waals surface area contributed by atoms with E-state index in [-0.39, 0.29) is 36.2 Å². The summed E-state index contributed by atoms with van der Waals surface area (Å²) in [5.74, 6) is 0.182. The Bertz CT molecular complexity index is 1780.